The number of urea groups is 1. The molecule has 6 heteroatoms. The summed E-state index contributed by atoms with van der Waals surface area (Å²) >= 11 is 3.28. The summed E-state index contributed by atoms with van der Waals surface area (Å²) in [4.78, 5) is 11.7. The zero-order valence-electron chi connectivity index (χ0n) is 9.78. The molecule has 0 aliphatic carbocycles. The molecular weight excluding hydrogens is 313 g/mol. The molecule has 0 aliphatic rings. The summed E-state index contributed by atoms with van der Waals surface area (Å²) in [7, 11) is 0. The molecule has 19 heavy (non-hydrogen) atoms. The Bertz CT molecular complexity index is 619. The SMILES string of the molecule is Nc1ccc(NC(=O)Nc2ccccc2F)c(Br)c1. The van der Waals surface area contributed by atoms with Gasteiger partial charge in [-0.25, -0.2) is 9.18 Å². The van der Waals surface area contributed by atoms with Gasteiger partial charge in [-0.2, -0.15) is 0 Å². The van der Waals surface area contributed by atoms with Crippen LogP contribution in [0.2, 0.25) is 0 Å². The van der Waals surface area contributed by atoms with Crippen LogP contribution in [0.1, 0.15) is 0 Å². The molecule has 0 aliphatic heterocycles. The van der Waals surface area contributed by atoms with Gasteiger partial charge in [-0.15, -0.1) is 0 Å². The van der Waals surface area contributed by atoms with Crippen LogP contribution in [0.5, 0.6) is 0 Å². The minimum absolute atomic E-state index is 0.117. The lowest BCUT2D eigenvalue weighted by Gasteiger charge is -2.10. The number of amides is 2. The van der Waals surface area contributed by atoms with E-state index in [1.54, 1.807) is 30.3 Å². The third-order valence-electron chi connectivity index (χ3n) is 2.36. The Morgan fingerprint density at radius 3 is 2.47 bits per heavy atom. The van der Waals surface area contributed by atoms with E-state index in [4.69, 9.17) is 5.73 Å². The minimum atomic E-state index is -0.532. The standard InChI is InChI=1S/C13H11BrFN3O/c14-9-7-8(16)5-6-11(9)17-13(19)18-12-4-2-1-3-10(12)15/h1-7H,16H2,(H2,17,18,19). The van der Waals surface area contributed by atoms with Crippen molar-refractivity contribution < 1.29 is 9.18 Å². The number of carbonyl (C=O) groups is 1. The maximum Gasteiger partial charge on any atom is 0.323 e. The lowest BCUT2D eigenvalue weighted by Crippen LogP contribution is -2.20. The molecule has 0 radical (unpaired) electrons. The van der Waals surface area contributed by atoms with Gasteiger partial charge in [0.25, 0.3) is 0 Å². The zero-order valence-corrected chi connectivity index (χ0v) is 11.4. The molecule has 0 atom stereocenters. The van der Waals surface area contributed by atoms with Crippen molar-refractivity contribution in [2.75, 3.05) is 16.4 Å². The quantitative estimate of drug-likeness (QED) is 0.735. The highest BCUT2D eigenvalue weighted by atomic mass is 79.9. The Morgan fingerprint density at radius 2 is 1.79 bits per heavy atom. The van der Waals surface area contributed by atoms with Gasteiger partial charge in [0.1, 0.15) is 5.82 Å². The van der Waals surface area contributed by atoms with Gasteiger partial charge in [0.15, 0.2) is 0 Å². The van der Waals surface area contributed by atoms with E-state index in [9.17, 15) is 9.18 Å². The molecule has 4 N–H and O–H groups in total. The van der Waals surface area contributed by atoms with Crippen LogP contribution in [0.25, 0.3) is 0 Å². The zero-order chi connectivity index (χ0) is 13.8. The van der Waals surface area contributed by atoms with Crippen LogP contribution in [0.4, 0.5) is 26.2 Å². The van der Waals surface area contributed by atoms with E-state index in [0.29, 0.717) is 15.8 Å². The first-order valence-corrected chi connectivity index (χ1v) is 6.23. The number of hydrogen-bond acceptors (Lipinski definition) is 2. The summed E-state index contributed by atoms with van der Waals surface area (Å²) in [6.45, 7) is 0. The highest BCUT2D eigenvalue weighted by Crippen LogP contribution is 2.24. The van der Waals surface area contributed by atoms with Crippen molar-refractivity contribution in [2.24, 2.45) is 0 Å². The fraction of sp³-hybridized carbons (Fsp3) is 0. The molecule has 98 valence electrons. The third kappa shape index (κ3) is 3.45. The Balaban J connectivity index is 2.08. The number of nitrogen functional groups attached to an aromatic ring is 1. The number of rotatable bonds is 2. The van der Waals surface area contributed by atoms with Gasteiger partial charge < -0.3 is 16.4 Å². The summed E-state index contributed by atoms with van der Waals surface area (Å²) in [6.07, 6.45) is 0. The van der Waals surface area contributed by atoms with Crippen LogP contribution in [0, 0.1) is 5.82 Å². The number of halogens is 2. The lowest BCUT2D eigenvalue weighted by atomic mass is 10.3. The van der Waals surface area contributed by atoms with E-state index in [1.165, 1.54) is 12.1 Å². The molecule has 2 aromatic rings. The van der Waals surface area contributed by atoms with Crippen LogP contribution in [0.3, 0.4) is 0 Å². The normalized spacial score (nSPS) is 10.0. The Morgan fingerprint density at radius 1 is 1.11 bits per heavy atom. The number of benzene rings is 2. The number of hydrogen-bond donors (Lipinski definition) is 3. The van der Waals surface area contributed by atoms with Crippen LogP contribution in [0.15, 0.2) is 46.9 Å². The number of nitrogens with one attached hydrogen (secondary N) is 2. The number of nitrogens with two attached hydrogens (primary N) is 1. The second-order valence-corrected chi connectivity index (χ2v) is 4.65. The second-order valence-electron chi connectivity index (χ2n) is 3.80. The summed E-state index contributed by atoms with van der Waals surface area (Å²) in [5.74, 6) is -0.492. The molecular formula is C13H11BrFN3O. The average Bonchev–Trinajstić information content (AvgIpc) is 2.36. The van der Waals surface area contributed by atoms with Crippen molar-refractivity contribution in [3.63, 3.8) is 0 Å². The van der Waals surface area contributed by atoms with E-state index in [2.05, 4.69) is 26.6 Å². The first kappa shape index (κ1) is 13.4. The van der Waals surface area contributed by atoms with Crippen LogP contribution < -0.4 is 16.4 Å². The van der Waals surface area contributed by atoms with Crippen LogP contribution in [-0.4, -0.2) is 6.03 Å². The molecule has 2 aromatic carbocycles. The highest BCUT2D eigenvalue weighted by molar-refractivity contribution is 9.10. The fourth-order valence-electron chi connectivity index (χ4n) is 1.47. The van der Waals surface area contributed by atoms with Crippen molar-refractivity contribution in [3.05, 3.63) is 52.8 Å². The van der Waals surface area contributed by atoms with E-state index < -0.39 is 11.8 Å². The molecule has 0 spiro atoms. The Kier molecular flexibility index (Phi) is 4.01. The topological polar surface area (TPSA) is 67.1 Å². The molecule has 0 fully saturated rings. The smallest absolute Gasteiger partial charge is 0.323 e. The predicted molar refractivity (Wildman–Crippen MR) is 77.6 cm³/mol. The van der Waals surface area contributed by atoms with Crippen molar-refractivity contribution in [2.45, 2.75) is 0 Å². The molecule has 0 saturated heterocycles. The van der Waals surface area contributed by atoms with E-state index in [0.717, 1.165) is 0 Å². The van der Waals surface area contributed by atoms with Crippen molar-refractivity contribution >= 4 is 39.0 Å². The summed E-state index contributed by atoms with van der Waals surface area (Å²) in [5.41, 5.74) is 6.83. The summed E-state index contributed by atoms with van der Waals surface area (Å²) in [5, 5.41) is 5.02. The predicted octanol–water partition coefficient (Wildman–Crippen LogP) is 3.81. The van der Waals surface area contributed by atoms with Gasteiger partial charge in [0, 0.05) is 10.2 Å². The molecule has 0 unspecified atom stereocenters. The van der Waals surface area contributed by atoms with E-state index in [-0.39, 0.29) is 5.69 Å². The second kappa shape index (κ2) is 5.71. The maximum absolute atomic E-state index is 13.4. The van der Waals surface area contributed by atoms with Gasteiger partial charge in [0.2, 0.25) is 0 Å². The van der Waals surface area contributed by atoms with Crippen molar-refractivity contribution in [1.82, 2.24) is 0 Å². The van der Waals surface area contributed by atoms with Crippen LogP contribution in [-0.2, 0) is 0 Å². The summed E-state index contributed by atoms with van der Waals surface area (Å²) < 4.78 is 14.0. The lowest BCUT2D eigenvalue weighted by molar-refractivity contribution is 0.262. The largest absolute Gasteiger partial charge is 0.399 e. The minimum Gasteiger partial charge on any atom is -0.399 e. The first-order valence-electron chi connectivity index (χ1n) is 5.44. The monoisotopic (exact) mass is 323 g/mol. The Hall–Kier alpha value is -2.08. The van der Waals surface area contributed by atoms with Gasteiger partial charge in [0.05, 0.1) is 11.4 Å². The van der Waals surface area contributed by atoms with Gasteiger partial charge in [-0.1, -0.05) is 12.1 Å². The number of anilines is 3. The maximum atomic E-state index is 13.4. The van der Waals surface area contributed by atoms with Crippen molar-refractivity contribution in [1.29, 1.82) is 0 Å². The van der Waals surface area contributed by atoms with E-state index >= 15 is 0 Å². The molecule has 2 rings (SSSR count). The van der Waals surface area contributed by atoms with Crippen molar-refractivity contribution in [3.8, 4) is 0 Å². The molecule has 4 nitrogen and oxygen atoms in total. The Labute approximate surface area is 117 Å². The van der Waals surface area contributed by atoms with Gasteiger partial charge in [-0.3, -0.25) is 0 Å². The molecule has 0 aromatic heterocycles. The molecule has 2 amide bonds. The first-order chi connectivity index (χ1) is 9.06. The third-order valence-corrected chi connectivity index (χ3v) is 3.02. The molecule has 0 saturated carbocycles. The number of para-hydroxylation sites is 1. The average molecular weight is 324 g/mol. The highest BCUT2D eigenvalue weighted by Gasteiger charge is 2.08. The molecule has 0 heterocycles. The number of carbonyl (C=O) groups excluding carboxylic acids is 1. The van der Waals surface area contributed by atoms with Gasteiger partial charge in [-0.05, 0) is 46.3 Å². The van der Waals surface area contributed by atoms with Gasteiger partial charge >= 0.3 is 6.03 Å². The fourth-order valence-corrected chi connectivity index (χ4v) is 1.97. The summed E-state index contributed by atoms with van der Waals surface area (Å²) in [6, 6.07) is 10.4. The molecule has 0 bridgehead atoms. The van der Waals surface area contributed by atoms with Crippen LogP contribution >= 0.6 is 15.9 Å². The van der Waals surface area contributed by atoms with E-state index in [1.807, 2.05) is 0 Å².